The molecule has 5 aliphatic rings. The van der Waals surface area contributed by atoms with Crippen molar-refractivity contribution in [1.82, 2.24) is 0 Å². The highest BCUT2D eigenvalue weighted by Crippen LogP contribution is 2.69. The topological polar surface area (TPSA) is 70.1 Å². The molecule has 1 aliphatic heterocycles. The molecule has 2 N–H and O–H groups in total. The molecule has 0 spiro atoms. The number of fused-ring (bicyclic) bond motifs is 5. The summed E-state index contributed by atoms with van der Waals surface area (Å²) in [6.45, 7) is 12.7. The van der Waals surface area contributed by atoms with Crippen LogP contribution < -0.4 is 0 Å². The fourth-order valence-corrected chi connectivity index (χ4v) is 9.58. The molecule has 4 nitrogen and oxygen atoms in total. The van der Waals surface area contributed by atoms with Crippen LogP contribution in [-0.4, -0.2) is 39.9 Å². The summed E-state index contributed by atoms with van der Waals surface area (Å²) >= 11 is 0. The number of Topliss-reactive ketones (excluding diaryl/α,β-unsaturated/α-hetero) is 1. The molecule has 0 aromatic rings. The predicted octanol–water partition coefficient (Wildman–Crippen LogP) is 5.14. The molecule has 32 heavy (non-hydrogen) atoms. The maximum Gasteiger partial charge on any atom is 0.135 e. The second-order valence-electron chi connectivity index (χ2n) is 13.4. The SMILES string of the molecule is CC(C)[C@]1(CC[C@@H](C)[C@H]2CC[C@H]3[C@@H]4C[C@H](O)[C@@]5(O)CC(=O)CC[C@]5(C)[C@H]4CC[C@]23C)CO1. The molecule has 0 aromatic heterocycles. The monoisotopic (exact) mass is 446 g/mol. The summed E-state index contributed by atoms with van der Waals surface area (Å²) in [5.41, 5.74) is -1.07. The highest BCUT2D eigenvalue weighted by molar-refractivity contribution is 5.81. The van der Waals surface area contributed by atoms with Gasteiger partial charge in [-0.1, -0.05) is 34.6 Å². The van der Waals surface area contributed by atoms with Gasteiger partial charge in [0.2, 0.25) is 0 Å². The van der Waals surface area contributed by atoms with Gasteiger partial charge in [-0.05, 0) is 92.3 Å². The molecule has 5 fully saturated rings. The van der Waals surface area contributed by atoms with Crippen molar-refractivity contribution < 1.29 is 19.7 Å². The third-order valence-electron chi connectivity index (χ3n) is 12.0. The van der Waals surface area contributed by atoms with Gasteiger partial charge in [0.05, 0.1) is 18.3 Å². The molecular weight excluding hydrogens is 400 g/mol. The standard InChI is InChI=1S/C28H46O4/c1-17(2)27(16-32-27)13-8-18(3)21-6-7-22-20-14-24(30)28(31)15-19(29)9-12-26(28,5)23(20)10-11-25(21,22)4/h17-18,20-24,30-31H,6-16H2,1-5H3/t18-,20+,21-,22+,23+,24+,25-,26-,27+,28+/m1/s1. The van der Waals surface area contributed by atoms with Crippen molar-refractivity contribution in [3.8, 4) is 0 Å². The minimum absolute atomic E-state index is 0.122. The van der Waals surface area contributed by atoms with Gasteiger partial charge in [-0.3, -0.25) is 4.79 Å². The minimum atomic E-state index is -1.22. The molecule has 1 saturated heterocycles. The van der Waals surface area contributed by atoms with E-state index >= 15 is 0 Å². The number of epoxide rings is 1. The molecule has 5 rings (SSSR count). The summed E-state index contributed by atoms with van der Waals surface area (Å²) in [7, 11) is 0. The lowest BCUT2D eigenvalue weighted by Crippen LogP contribution is -2.68. The fourth-order valence-electron chi connectivity index (χ4n) is 9.58. The number of carbonyl (C=O) groups excluding carboxylic acids is 1. The Balaban J connectivity index is 1.34. The van der Waals surface area contributed by atoms with Crippen LogP contribution >= 0.6 is 0 Å². The highest BCUT2D eigenvalue weighted by atomic mass is 16.6. The molecular formula is C28H46O4. The number of rotatable bonds is 5. The number of hydrogen-bond donors (Lipinski definition) is 2. The second kappa shape index (κ2) is 7.52. The van der Waals surface area contributed by atoms with Crippen LogP contribution in [0.25, 0.3) is 0 Å². The average Bonchev–Trinajstić information content (AvgIpc) is 3.44. The normalized spacial score (nSPS) is 53.5. The number of ether oxygens (including phenoxy) is 1. The van der Waals surface area contributed by atoms with Gasteiger partial charge in [0, 0.05) is 18.3 Å². The lowest BCUT2D eigenvalue weighted by molar-refractivity contribution is -0.248. The van der Waals surface area contributed by atoms with E-state index in [1.807, 2.05) is 0 Å². The van der Waals surface area contributed by atoms with Crippen molar-refractivity contribution >= 4 is 5.78 Å². The van der Waals surface area contributed by atoms with E-state index in [0.717, 1.165) is 25.4 Å². The van der Waals surface area contributed by atoms with Crippen molar-refractivity contribution in [2.45, 2.75) is 116 Å². The molecule has 0 bridgehead atoms. The maximum absolute atomic E-state index is 12.2. The van der Waals surface area contributed by atoms with E-state index < -0.39 is 11.7 Å². The Morgan fingerprint density at radius 2 is 1.81 bits per heavy atom. The summed E-state index contributed by atoms with van der Waals surface area (Å²) in [6, 6.07) is 0. The largest absolute Gasteiger partial charge is 0.390 e. The molecule has 0 aromatic carbocycles. The smallest absolute Gasteiger partial charge is 0.135 e. The first-order valence-electron chi connectivity index (χ1n) is 13.5. The first-order chi connectivity index (χ1) is 15.0. The van der Waals surface area contributed by atoms with Crippen molar-refractivity contribution in [2.24, 2.45) is 46.3 Å². The maximum atomic E-state index is 12.2. The van der Waals surface area contributed by atoms with Gasteiger partial charge in [-0.25, -0.2) is 0 Å². The zero-order valence-corrected chi connectivity index (χ0v) is 21.0. The van der Waals surface area contributed by atoms with Crippen molar-refractivity contribution in [3.63, 3.8) is 0 Å². The quantitative estimate of drug-likeness (QED) is 0.574. The fraction of sp³-hybridized carbons (Fsp3) is 0.964. The number of hydrogen-bond acceptors (Lipinski definition) is 4. The van der Waals surface area contributed by atoms with E-state index in [1.54, 1.807) is 0 Å². The van der Waals surface area contributed by atoms with Gasteiger partial charge in [-0.2, -0.15) is 0 Å². The van der Waals surface area contributed by atoms with Gasteiger partial charge >= 0.3 is 0 Å². The molecule has 0 amide bonds. The summed E-state index contributed by atoms with van der Waals surface area (Å²) in [6.07, 6.45) is 8.73. The van der Waals surface area contributed by atoms with E-state index in [-0.39, 0.29) is 23.2 Å². The van der Waals surface area contributed by atoms with Crippen LogP contribution in [0.2, 0.25) is 0 Å². The summed E-state index contributed by atoms with van der Waals surface area (Å²) in [4.78, 5) is 12.2. The molecule has 0 unspecified atom stereocenters. The zero-order valence-electron chi connectivity index (χ0n) is 21.0. The van der Waals surface area contributed by atoms with Crippen molar-refractivity contribution in [3.05, 3.63) is 0 Å². The first-order valence-corrected chi connectivity index (χ1v) is 13.5. The Hall–Kier alpha value is -0.450. The number of aliphatic hydroxyl groups excluding tert-OH is 1. The van der Waals surface area contributed by atoms with E-state index in [1.165, 1.54) is 32.1 Å². The Kier molecular flexibility index (Phi) is 5.48. The molecule has 4 aliphatic carbocycles. The predicted molar refractivity (Wildman–Crippen MR) is 125 cm³/mol. The lowest BCUT2D eigenvalue weighted by atomic mass is 9.42. The third kappa shape index (κ3) is 3.14. The first kappa shape index (κ1) is 23.3. The van der Waals surface area contributed by atoms with Crippen LogP contribution in [0.1, 0.15) is 98.8 Å². The molecule has 10 atom stereocenters. The number of carbonyl (C=O) groups is 1. The molecule has 4 heteroatoms. The van der Waals surface area contributed by atoms with E-state index in [9.17, 15) is 15.0 Å². The van der Waals surface area contributed by atoms with Crippen LogP contribution in [0.5, 0.6) is 0 Å². The Morgan fingerprint density at radius 3 is 2.47 bits per heavy atom. The highest BCUT2D eigenvalue weighted by Gasteiger charge is 2.67. The van der Waals surface area contributed by atoms with Gasteiger partial charge < -0.3 is 14.9 Å². The molecule has 1 heterocycles. The van der Waals surface area contributed by atoms with Crippen molar-refractivity contribution in [2.75, 3.05) is 6.61 Å². The summed E-state index contributed by atoms with van der Waals surface area (Å²) < 4.78 is 5.89. The van der Waals surface area contributed by atoms with E-state index in [4.69, 9.17) is 4.74 Å². The van der Waals surface area contributed by atoms with Crippen LogP contribution in [0.15, 0.2) is 0 Å². The van der Waals surface area contributed by atoms with Gasteiger partial charge in [0.15, 0.2) is 0 Å². The van der Waals surface area contributed by atoms with E-state index in [0.29, 0.717) is 47.8 Å². The van der Waals surface area contributed by atoms with Crippen LogP contribution in [0, 0.1) is 46.3 Å². The van der Waals surface area contributed by atoms with Gasteiger partial charge in [-0.15, -0.1) is 0 Å². The van der Waals surface area contributed by atoms with Crippen molar-refractivity contribution in [1.29, 1.82) is 0 Å². The van der Waals surface area contributed by atoms with Gasteiger partial charge in [0.25, 0.3) is 0 Å². The Bertz CT molecular complexity index is 759. The average molecular weight is 447 g/mol. The Labute approximate surface area is 194 Å². The number of aliphatic hydroxyl groups is 2. The molecule has 0 radical (unpaired) electrons. The third-order valence-corrected chi connectivity index (χ3v) is 12.0. The zero-order chi connectivity index (χ0) is 23.1. The Morgan fingerprint density at radius 1 is 1.09 bits per heavy atom. The van der Waals surface area contributed by atoms with Crippen LogP contribution in [0.4, 0.5) is 0 Å². The van der Waals surface area contributed by atoms with E-state index in [2.05, 4.69) is 34.6 Å². The summed E-state index contributed by atoms with van der Waals surface area (Å²) in [5.74, 6) is 3.72. The van der Waals surface area contributed by atoms with Gasteiger partial charge in [0.1, 0.15) is 11.4 Å². The lowest BCUT2D eigenvalue weighted by Gasteiger charge is -2.64. The van der Waals surface area contributed by atoms with Crippen LogP contribution in [0.3, 0.4) is 0 Å². The second-order valence-corrected chi connectivity index (χ2v) is 13.4. The molecule has 182 valence electrons. The summed E-state index contributed by atoms with van der Waals surface area (Å²) in [5, 5.41) is 22.8. The van der Waals surface area contributed by atoms with Crippen LogP contribution in [-0.2, 0) is 9.53 Å². The minimum Gasteiger partial charge on any atom is -0.390 e. The number of ketones is 1. The molecule has 4 saturated carbocycles.